The van der Waals surface area contributed by atoms with Gasteiger partial charge in [0.05, 0.1) is 12.2 Å². The summed E-state index contributed by atoms with van der Waals surface area (Å²) < 4.78 is 0. The number of hydrogen-bond donors (Lipinski definition) is 1. The lowest BCUT2D eigenvalue weighted by molar-refractivity contribution is 0.116. The minimum absolute atomic E-state index is 0.172. The molecule has 0 amide bonds. The van der Waals surface area contributed by atoms with Gasteiger partial charge < -0.3 is 5.11 Å². The van der Waals surface area contributed by atoms with E-state index in [1.165, 1.54) is 96.3 Å². The van der Waals surface area contributed by atoms with E-state index in [4.69, 9.17) is 0 Å². The molecule has 2 aliphatic carbocycles. The number of nitrogens with zero attached hydrogens (tertiary/aromatic N) is 1. The highest BCUT2D eigenvalue weighted by molar-refractivity contribution is 4.92. The lowest BCUT2D eigenvalue weighted by atomic mass is 9.66. The van der Waals surface area contributed by atoms with Crippen molar-refractivity contribution in [2.45, 2.75) is 142 Å². The van der Waals surface area contributed by atoms with E-state index < -0.39 is 0 Å². The van der Waals surface area contributed by atoms with Crippen LogP contribution in [-0.2, 0) is 0 Å². The fourth-order valence-corrected chi connectivity index (χ4v) is 6.38. The molecule has 174 valence electrons. The SMILES string of the molecule is CCCCCCC(O)CCC(C#N)[C@H]1CC[C@H]([C@H]2CC[C@H](CCCCC)CC2)CC1. The van der Waals surface area contributed by atoms with Gasteiger partial charge in [-0.25, -0.2) is 0 Å². The summed E-state index contributed by atoms with van der Waals surface area (Å²) in [4.78, 5) is 0. The van der Waals surface area contributed by atoms with Crippen molar-refractivity contribution >= 4 is 0 Å². The van der Waals surface area contributed by atoms with Gasteiger partial charge in [0, 0.05) is 5.92 Å². The van der Waals surface area contributed by atoms with Crippen LogP contribution in [0.25, 0.3) is 0 Å². The fourth-order valence-electron chi connectivity index (χ4n) is 6.38. The van der Waals surface area contributed by atoms with Crippen LogP contribution >= 0.6 is 0 Å². The molecular formula is C28H51NO. The second-order valence-electron chi connectivity index (χ2n) is 10.8. The Kier molecular flexibility index (Phi) is 13.1. The quantitative estimate of drug-likeness (QED) is 0.288. The molecular weight excluding hydrogens is 366 g/mol. The summed E-state index contributed by atoms with van der Waals surface area (Å²) in [5.74, 6) is 3.68. The first-order valence-corrected chi connectivity index (χ1v) is 13.8. The lowest BCUT2D eigenvalue weighted by Crippen LogP contribution is -2.28. The summed E-state index contributed by atoms with van der Waals surface area (Å²) in [6.45, 7) is 4.53. The average Bonchev–Trinajstić information content (AvgIpc) is 2.78. The normalized spacial score (nSPS) is 29.3. The van der Waals surface area contributed by atoms with Crippen molar-refractivity contribution < 1.29 is 5.11 Å². The monoisotopic (exact) mass is 417 g/mol. The Labute approximate surface area is 188 Å². The third kappa shape index (κ3) is 9.30. The van der Waals surface area contributed by atoms with Gasteiger partial charge in [0.15, 0.2) is 0 Å². The Morgan fingerprint density at radius 2 is 1.33 bits per heavy atom. The molecule has 0 radical (unpaired) electrons. The Balaban J connectivity index is 1.62. The van der Waals surface area contributed by atoms with Gasteiger partial charge in [-0.3, -0.25) is 0 Å². The van der Waals surface area contributed by atoms with Gasteiger partial charge in [-0.2, -0.15) is 5.26 Å². The van der Waals surface area contributed by atoms with Gasteiger partial charge in [0.2, 0.25) is 0 Å². The molecule has 2 unspecified atom stereocenters. The summed E-state index contributed by atoms with van der Waals surface area (Å²) in [6, 6.07) is 2.62. The van der Waals surface area contributed by atoms with E-state index >= 15 is 0 Å². The maximum atomic E-state index is 10.3. The smallest absolute Gasteiger partial charge is 0.0658 e. The van der Waals surface area contributed by atoms with Crippen molar-refractivity contribution in [2.24, 2.45) is 29.6 Å². The molecule has 2 fully saturated rings. The maximum absolute atomic E-state index is 10.3. The zero-order chi connectivity index (χ0) is 21.6. The van der Waals surface area contributed by atoms with Crippen LogP contribution in [0.3, 0.4) is 0 Å². The molecule has 0 bridgehead atoms. The third-order valence-electron chi connectivity index (χ3n) is 8.53. The summed E-state index contributed by atoms with van der Waals surface area (Å²) in [7, 11) is 0. The van der Waals surface area contributed by atoms with E-state index in [0.29, 0.717) is 5.92 Å². The molecule has 30 heavy (non-hydrogen) atoms. The van der Waals surface area contributed by atoms with Crippen LogP contribution in [0.4, 0.5) is 0 Å². The molecule has 2 saturated carbocycles. The molecule has 2 rings (SSSR count). The zero-order valence-electron chi connectivity index (χ0n) is 20.3. The van der Waals surface area contributed by atoms with Gasteiger partial charge in [-0.1, -0.05) is 78.1 Å². The van der Waals surface area contributed by atoms with E-state index in [1.807, 2.05) is 0 Å². The van der Waals surface area contributed by atoms with Gasteiger partial charge in [-0.15, -0.1) is 0 Å². The predicted octanol–water partition coefficient (Wildman–Crippen LogP) is 8.43. The second-order valence-corrected chi connectivity index (χ2v) is 10.8. The molecule has 2 aliphatic rings. The first-order valence-electron chi connectivity index (χ1n) is 13.8. The van der Waals surface area contributed by atoms with Crippen LogP contribution in [0.2, 0.25) is 0 Å². The molecule has 2 heteroatoms. The van der Waals surface area contributed by atoms with Crippen LogP contribution in [0.15, 0.2) is 0 Å². The molecule has 2 atom stereocenters. The van der Waals surface area contributed by atoms with Gasteiger partial charge in [-0.05, 0) is 81.5 Å². The number of nitriles is 1. The van der Waals surface area contributed by atoms with Gasteiger partial charge in [0.1, 0.15) is 0 Å². The summed E-state index contributed by atoms with van der Waals surface area (Å²) in [5, 5.41) is 20.0. The summed E-state index contributed by atoms with van der Waals surface area (Å²) >= 11 is 0. The molecule has 0 aromatic rings. The highest BCUT2D eigenvalue weighted by atomic mass is 16.3. The molecule has 0 aromatic heterocycles. The molecule has 0 aliphatic heterocycles. The first-order chi connectivity index (χ1) is 14.7. The molecule has 0 aromatic carbocycles. The van der Waals surface area contributed by atoms with E-state index in [-0.39, 0.29) is 12.0 Å². The van der Waals surface area contributed by atoms with Crippen LogP contribution in [0.1, 0.15) is 136 Å². The van der Waals surface area contributed by atoms with Crippen molar-refractivity contribution in [1.29, 1.82) is 5.26 Å². The van der Waals surface area contributed by atoms with Gasteiger partial charge in [0.25, 0.3) is 0 Å². The van der Waals surface area contributed by atoms with E-state index in [0.717, 1.165) is 43.4 Å². The molecule has 0 heterocycles. The van der Waals surface area contributed by atoms with Crippen LogP contribution in [0, 0.1) is 40.9 Å². The number of aliphatic hydroxyl groups excluding tert-OH is 1. The second kappa shape index (κ2) is 15.3. The minimum Gasteiger partial charge on any atom is -0.393 e. The van der Waals surface area contributed by atoms with Gasteiger partial charge >= 0.3 is 0 Å². The number of rotatable bonds is 14. The summed E-state index contributed by atoms with van der Waals surface area (Å²) in [5.41, 5.74) is 0. The van der Waals surface area contributed by atoms with Crippen LogP contribution in [-0.4, -0.2) is 11.2 Å². The van der Waals surface area contributed by atoms with E-state index in [1.54, 1.807) is 0 Å². The van der Waals surface area contributed by atoms with Crippen molar-refractivity contribution in [1.82, 2.24) is 0 Å². The largest absolute Gasteiger partial charge is 0.393 e. The first kappa shape index (κ1) is 25.7. The lowest BCUT2D eigenvalue weighted by Gasteiger charge is -2.39. The number of hydrogen-bond acceptors (Lipinski definition) is 2. The third-order valence-corrected chi connectivity index (χ3v) is 8.53. The van der Waals surface area contributed by atoms with Crippen molar-refractivity contribution in [3.05, 3.63) is 0 Å². The minimum atomic E-state index is -0.193. The molecule has 0 spiro atoms. The maximum Gasteiger partial charge on any atom is 0.0658 e. The van der Waals surface area contributed by atoms with E-state index in [9.17, 15) is 10.4 Å². The Bertz CT molecular complexity index is 454. The highest BCUT2D eigenvalue weighted by Crippen LogP contribution is 2.44. The predicted molar refractivity (Wildman–Crippen MR) is 128 cm³/mol. The molecule has 0 saturated heterocycles. The standard InChI is InChI=1S/C28H51NO/c1-3-5-7-9-11-28(30)21-20-27(22-29)26-18-16-25(17-19-26)24-14-12-23(13-15-24)10-8-6-4-2/h23-28,30H,3-21H2,1-2H3/t23-,24-,25-,26-,27?,28?. The average molecular weight is 418 g/mol. The molecule has 2 nitrogen and oxygen atoms in total. The van der Waals surface area contributed by atoms with Crippen molar-refractivity contribution in [3.8, 4) is 6.07 Å². The molecule has 1 N–H and O–H groups in total. The van der Waals surface area contributed by atoms with Crippen LogP contribution < -0.4 is 0 Å². The van der Waals surface area contributed by atoms with Crippen molar-refractivity contribution in [2.75, 3.05) is 0 Å². The topological polar surface area (TPSA) is 44.0 Å². The fraction of sp³-hybridized carbons (Fsp3) is 0.964. The Hall–Kier alpha value is -0.550. The van der Waals surface area contributed by atoms with Crippen LogP contribution in [0.5, 0.6) is 0 Å². The van der Waals surface area contributed by atoms with Crippen molar-refractivity contribution in [3.63, 3.8) is 0 Å². The van der Waals surface area contributed by atoms with E-state index in [2.05, 4.69) is 19.9 Å². The number of unbranched alkanes of at least 4 members (excludes halogenated alkanes) is 5. The zero-order valence-corrected chi connectivity index (χ0v) is 20.3. The Morgan fingerprint density at radius 3 is 1.93 bits per heavy atom. The Morgan fingerprint density at radius 1 is 0.733 bits per heavy atom. The summed E-state index contributed by atoms with van der Waals surface area (Å²) in [6.07, 6.45) is 24.2. The number of aliphatic hydroxyl groups is 1. The highest BCUT2D eigenvalue weighted by Gasteiger charge is 2.33.